The van der Waals surface area contributed by atoms with E-state index in [0.717, 1.165) is 19.3 Å². The summed E-state index contributed by atoms with van der Waals surface area (Å²) in [5, 5.41) is 0. The molecule has 0 saturated carbocycles. The van der Waals surface area contributed by atoms with Crippen molar-refractivity contribution in [3.8, 4) is 0 Å². The van der Waals surface area contributed by atoms with Gasteiger partial charge in [-0.15, -0.1) is 0 Å². The first kappa shape index (κ1) is 22.7. The number of unbranched alkanes of at least 4 members (excludes halogenated alkanes) is 6. The fourth-order valence-corrected chi connectivity index (χ4v) is 2.59. The Kier molecular flexibility index (Phi) is 11.6. The first-order valence-corrected chi connectivity index (χ1v) is 9.88. The van der Waals surface area contributed by atoms with Crippen LogP contribution in [-0.4, -0.2) is 37.4 Å². The third-order valence-electron chi connectivity index (χ3n) is 4.13. The van der Waals surface area contributed by atoms with Gasteiger partial charge < -0.3 is 9.64 Å². The fourth-order valence-electron chi connectivity index (χ4n) is 2.59. The van der Waals surface area contributed by atoms with Gasteiger partial charge in [-0.25, -0.2) is 4.79 Å². The van der Waals surface area contributed by atoms with Crippen molar-refractivity contribution < 1.29 is 14.3 Å². The number of ether oxygens (including phenoxy) is 1. The van der Waals surface area contributed by atoms with Crippen LogP contribution in [-0.2, 0) is 9.53 Å². The van der Waals surface area contributed by atoms with E-state index in [2.05, 4.69) is 6.92 Å². The summed E-state index contributed by atoms with van der Waals surface area (Å²) in [5.41, 5.74) is 0.539. The van der Waals surface area contributed by atoms with Gasteiger partial charge in [0.15, 0.2) is 5.78 Å². The van der Waals surface area contributed by atoms with Crippen molar-refractivity contribution in [2.75, 3.05) is 20.7 Å². The summed E-state index contributed by atoms with van der Waals surface area (Å²) in [5.74, 6) is -0.873. The molecule has 0 unspecified atom stereocenters. The molecule has 4 heteroatoms. The lowest BCUT2D eigenvalue weighted by Crippen LogP contribution is -2.17. The molecule has 0 atom stereocenters. The number of carbonyl (C=O) groups excluding carboxylic acids is 2. The minimum Gasteiger partial charge on any atom is -0.462 e. The van der Waals surface area contributed by atoms with Gasteiger partial charge in [0.25, 0.3) is 0 Å². The van der Waals surface area contributed by atoms with Crippen LogP contribution in [0.4, 0.5) is 0 Å². The van der Waals surface area contributed by atoms with Crippen molar-refractivity contribution in [3.63, 3.8) is 0 Å². The average molecular weight is 372 g/mol. The maximum absolute atomic E-state index is 12.7. The van der Waals surface area contributed by atoms with Crippen LogP contribution >= 0.6 is 0 Å². The lowest BCUT2D eigenvalue weighted by molar-refractivity contribution is -0.138. The molecular formula is C23H33NO3. The predicted molar refractivity (Wildman–Crippen MR) is 111 cm³/mol. The number of nitrogens with zero attached hydrogens (tertiary/aromatic N) is 1. The zero-order chi connectivity index (χ0) is 19.9. The maximum Gasteiger partial charge on any atom is 0.342 e. The molecule has 0 fully saturated rings. The monoisotopic (exact) mass is 371 g/mol. The molecule has 0 amide bonds. The molecular weight excluding hydrogens is 338 g/mol. The molecule has 27 heavy (non-hydrogen) atoms. The Morgan fingerprint density at radius 1 is 0.963 bits per heavy atom. The predicted octanol–water partition coefficient (Wildman–Crippen LogP) is 5.16. The van der Waals surface area contributed by atoms with E-state index < -0.39 is 5.97 Å². The number of hydrogen-bond acceptors (Lipinski definition) is 4. The van der Waals surface area contributed by atoms with Crippen molar-refractivity contribution in [2.45, 2.75) is 51.9 Å². The van der Waals surface area contributed by atoms with Gasteiger partial charge in [0.1, 0.15) is 5.57 Å². The largest absolute Gasteiger partial charge is 0.462 e. The van der Waals surface area contributed by atoms with Gasteiger partial charge in [0, 0.05) is 19.7 Å². The Hall–Kier alpha value is -2.36. The fraction of sp³-hybridized carbons (Fsp3) is 0.478. The van der Waals surface area contributed by atoms with Crippen LogP contribution in [0.3, 0.4) is 0 Å². The highest BCUT2D eigenvalue weighted by Gasteiger charge is 2.20. The van der Waals surface area contributed by atoms with Crippen LogP contribution < -0.4 is 0 Å². The molecule has 0 aliphatic carbocycles. The first-order chi connectivity index (χ1) is 13.1. The van der Waals surface area contributed by atoms with Gasteiger partial charge in [-0.2, -0.15) is 0 Å². The van der Waals surface area contributed by atoms with Crippen LogP contribution in [0.15, 0.2) is 54.3 Å². The lowest BCUT2D eigenvalue weighted by atomic mass is 10.0. The van der Waals surface area contributed by atoms with Crippen LogP contribution in [0.2, 0.25) is 0 Å². The van der Waals surface area contributed by atoms with E-state index in [4.69, 9.17) is 4.74 Å². The zero-order valence-corrected chi connectivity index (χ0v) is 16.9. The lowest BCUT2D eigenvalue weighted by Gasteiger charge is -2.08. The molecule has 0 N–H and O–H groups in total. The van der Waals surface area contributed by atoms with Gasteiger partial charge in [-0.05, 0) is 24.8 Å². The summed E-state index contributed by atoms with van der Waals surface area (Å²) in [4.78, 5) is 27.0. The molecule has 0 spiro atoms. The van der Waals surface area contributed by atoms with E-state index in [9.17, 15) is 9.59 Å². The van der Waals surface area contributed by atoms with E-state index in [-0.39, 0.29) is 11.4 Å². The molecule has 0 radical (unpaired) electrons. The second-order valence-electron chi connectivity index (χ2n) is 6.84. The topological polar surface area (TPSA) is 46.6 Å². The summed E-state index contributed by atoms with van der Waals surface area (Å²) in [6.45, 7) is 2.55. The quantitative estimate of drug-likeness (QED) is 0.0913. The summed E-state index contributed by atoms with van der Waals surface area (Å²) in [6, 6.07) is 8.81. The molecule has 1 rings (SSSR count). The molecule has 1 aromatic rings. The Balaban J connectivity index is 2.59. The highest BCUT2D eigenvalue weighted by molar-refractivity contribution is 6.24. The van der Waals surface area contributed by atoms with Gasteiger partial charge in [-0.3, -0.25) is 4.79 Å². The van der Waals surface area contributed by atoms with Crippen LogP contribution in [0.5, 0.6) is 0 Å². The van der Waals surface area contributed by atoms with Crippen molar-refractivity contribution in [1.29, 1.82) is 0 Å². The van der Waals surface area contributed by atoms with Crippen molar-refractivity contribution in [1.82, 2.24) is 4.90 Å². The minimum absolute atomic E-state index is 0.0576. The van der Waals surface area contributed by atoms with Crippen LogP contribution in [0.25, 0.3) is 0 Å². The van der Waals surface area contributed by atoms with Crippen LogP contribution in [0.1, 0.15) is 62.2 Å². The van der Waals surface area contributed by atoms with Crippen LogP contribution in [0, 0.1) is 0 Å². The van der Waals surface area contributed by atoms with Crippen molar-refractivity contribution in [2.24, 2.45) is 0 Å². The van der Waals surface area contributed by atoms with E-state index in [0.29, 0.717) is 12.2 Å². The first-order valence-electron chi connectivity index (χ1n) is 9.88. The maximum atomic E-state index is 12.7. The second kappa shape index (κ2) is 13.8. The third kappa shape index (κ3) is 9.78. The number of rotatable bonds is 13. The molecule has 0 bridgehead atoms. The number of hydrogen-bond donors (Lipinski definition) is 0. The number of benzene rings is 1. The smallest absolute Gasteiger partial charge is 0.342 e. The normalized spacial score (nSPS) is 11.6. The summed E-state index contributed by atoms with van der Waals surface area (Å²) in [6.07, 6.45) is 13.1. The van der Waals surface area contributed by atoms with Gasteiger partial charge in [-0.1, -0.05) is 75.8 Å². The van der Waals surface area contributed by atoms with Crippen molar-refractivity contribution in [3.05, 3.63) is 59.8 Å². The molecule has 0 aliphatic heterocycles. The Labute approximate surface area is 163 Å². The number of esters is 1. The van der Waals surface area contributed by atoms with Crippen molar-refractivity contribution >= 4 is 11.8 Å². The average Bonchev–Trinajstić information content (AvgIpc) is 2.67. The molecule has 0 saturated heterocycles. The second-order valence-corrected chi connectivity index (χ2v) is 6.84. The molecule has 148 valence electrons. The zero-order valence-electron chi connectivity index (χ0n) is 16.9. The Morgan fingerprint density at radius 3 is 2.22 bits per heavy atom. The van der Waals surface area contributed by atoms with Gasteiger partial charge >= 0.3 is 5.97 Å². The van der Waals surface area contributed by atoms with Gasteiger partial charge in [0.05, 0.1) is 6.61 Å². The molecule has 0 aliphatic rings. The molecule has 0 heterocycles. The molecule has 4 nitrogen and oxygen atoms in total. The number of carbonyl (C=O) groups is 2. The Bertz CT molecular complexity index is 618. The van der Waals surface area contributed by atoms with E-state index >= 15 is 0 Å². The van der Waals surface area contributed by atoms with E-state index in [1.165, 1.54) is 31.8 Å². The number of allylic oxidation sites excluding steroid dienone is 2. The summed E-state index contributed by atoms with van der Waals surface area (Å²) < 4.78 is 5.36. The Morgan fingerprint density at radius 2 is 1.59 bits per heavy atom. The summed E-state index contributed by atoms with van der Waals surface area (Å²) >= 11 is 0. The molecule has 1 aromatic carbocycles. The van der Waals surface area contributed by atoms with E-state index in [1.54, 1.807) is 36.5 Å². The number of Topliss-reactive ketones (excluding diaryl/α,β-unsaturated/α-hetero) is 1. The SMILES string of the molecule is CCCCCCCCCOC(=O)/C(=C/C=C/N(C)C)C(=O)c1ccccc1. The third-order valence-corrected chi connectivity index (χ3v) is 4.13. The highest BCUT2D eigenvalue weighted by Crippen LogP contribution is 2.12. The standard InChI is InChI=1S/C23H33NO3/c1-4-5-6-7-8-9-13-19-27-23(26)21(17-14-18-24(2)3)22(25)20-15-11-10-12-16-20/h10-12,14-18H,4-9,13,19H2,1-3H3/b18-14+,21-17+. The minimum atomic E-state index is -0.557. The van der Waals surface area contributed by atoms with Gasteiger partial charge in [0.2, 0.25) is 0 Å². The number of ketones is 1. The summed E-state index contributed by atoms with van der Waals surface area (Å²) in [7, 11) is 3.75. The highest BCUT2D eigenvalue weighted by atomic mass is 16.5. The van der Waals surface area contributed by atoms with E-state index in [1.807, 2.05) is 25.1 Å². The molecule has 0 aromatic heterocycles.